The summed E-state index contributed by atoms with van der Waals surface area (Å²) in [6.45, 7) is 3.27. The summed E-state index contributed by atoms with van der Waals surface area (Å²) in [6, 6.07) is 2.04. The normalized spacial score (nSPS) is 12.7. The Balaban J connectivity index is 2.57. The molecule has 2 aromatic rings. The molecule has 0 spiro atoms. The molecule has 0 aliphatic heterocycles. The highest BCUT2D eigenvalue weighted by atomic mass is 19.4. The van der Waals surface area contributed by atoms with E-state index in [1.54, 1.807) is 13.8 Å². The number of fused-ring (bicyclic) bond motifs is 1. The molecule has 5 nitrogen and oxygen atoms in total. The van der Waals surface area contributed by atoms with Gasteiger partial charge in [0, 0.05) is 18.0 Å². The van der Waals surface area contributed by atoms with Crippen LogP contribution >= 0.6 is 0 Å². The van der Waals surface area contributed by atoms with Crippen LogP contribution in [-0.4, -0.2) is 19.6 Å². The van der Waals surface area contributed by atoms with Gasteiger partial charge in [-0.25, -0.2) is 9.50 Å². The van der Waals surface area contributed by atoms with E-state index in [-0.39, 0.29) is 5.78 Å². The van der Waals surface area contributed by atoms with E-state index in [2.05, 4.69) is 15.1 Å². The fourth-order valence-corrected chi connectivity index (χ4v) is 1.29. The van der Waals surface area contributed by atoms with Gasteiger partial charge in [0.25, 0.3) is 11.6 Å². The minimum absolute atomic E-state index is 0.153. The fourth-order valence-electron chi connectivity index (χ4n) is 1.29. The number of aromatic nitrogens is 4. The van der Waals surface area contributed by atoms with Gasteiger partial charge in [0.05, 0.1) is 11.5 Å². The number of nitriles is 1. The first-order valence-corrected chi connectivity index (χ1v) is 4.95. The third kappa shape index (κ3) is 1.99. The topological polar surface area (TPSA) is 66.9 Å². The van der Waals surface area contributed by atoms with E-state index in [9.17, 15) is 13.2 Å². The zero-order valence-corrected chi connectivity index (χ0v) is 9.52. The van der Waals surface area contributed by atoms with E-state index in [4.69, 9.17) is 5.26 Å². The molecule has 2 heterocycles. The van der Waals surface area contributed by atoms with Crippen LogP contribution in [0.25, 0.3) is 5.78 Å². The Bertz CT molecular complexity index is 635. The summed E-state index contributed by atoms with van der Waals surface area (Å²) >= 11 is 0. The lowest BCUT2D eigenvalue weighted by Crippen LogP contribution is -2.15. The Kier molecular flexibility index (Phi) is 2.50. The van der Waals surface area contributed by atoms with Gasteiger partial charge in [0.15, 0.2) is 0 Å². The van der Waals surface area contributed by atoms with Crippen LogP contribution in [0.15, 0.2) is 12.4 Å². The Morgan fingerprint density at radius 2 is 2.00 bits per heavy atom. The molecule has 0 fully saturated rings. The Morgan fingerprint density at radius 1 is 1.33 bits per heavy atom. The first kappa shape index (κ1) is 12.3. The fraction of sp³-hybridized carbons (Fsp3) is 0.400. The molecule has 0 unspecified atom stereocenters. The predicted octanol–water partition coefficient (Wildman–Crippen LogP) is 1.94. The van der Waals surface area contributed by atoms with Gasteiger partial charge in [-0.05, 0) is 13.8 Å². The molecule has 94 valence electrons. The van der Waals surface area contributed by atoms with Crippen molar-refractivity contribution in [2.24, 2.45) is 0 Å². The molecule has 0 radical (unpaired) electrons. The third-order valence-electron chi connectivity index (χ3n) is 2.45. The lowest BCUT2D eigenvalue weighted by atomic mass is 9.89. The summed E-state index contributed by atoms with van der Waals surface area (Å²) in [6.07, 6.45) is -1.96. The highest BCUT2D eigenvalue weighted by molar-refractivity contribution is 5.33. The quantitative estimate of drug-likeness (QED) is 0.781. The van der Waals surface area contributed by atoms with Crippen molar-refractivity contribution in [1.82, 2.24) is 19.6 Å². The molecule has 2 aromatic heterocycles. The molecule has 0 saturated heterocycles. The first-order valence-electron chi connectivity index (χ1n) is 4.95. The summed E-state index contributed by atoms with van der Waals surface area (Å²) in [7, 11) is 0. The maximum absolute atomic E-state index is 12.4. The summed E-state index contributed by atoms with van der Waals surface area (Å²) < 4.78 is 38.2. The van der Waals surface area contributed by atoms with Crippen molar-refractivity contribution in [3.8, 4) is 6.07 Å². The molecule has 0 aliphatic rings. The van der Waals surface area contributed by atoms with Crippen LogP contribution in [0.5, 0.6) is 0 Å². The number of nitrogens with zero attached hydrogens (tertiary/aromatic N) is 5. The van der Waals surface area contributed by atoms with Gasteiger partial charge >= 0.3 is 6.18 Å². The molecule has 0 bridgehead atoms. The Morgan fingerprint density at radius 3 is 2.56 bits per heavy atom. The number of halogens is 3. The summed E-state index contributed by atoms with van der Waals surface area (Å²) in [5.74, 6) is -1.40. The van der Waals surface area contributed by atoms with E-state index in [1.165, 1.54) is 12.4 Å². The molecular weight excluding hydrogens is 247 g/mol. The van der Waals surface area contributed by atoms with Crippen LogP contribution in [0.2, 0.25) is 0 Å². The molecule has 8 heteroatoms. The van der Waals surface area contributed by atoms with Crippen LogP contribution in [0.4, 0.5) is 13.2 Å². The minimum atomic E-state index is -4.61. The predicted molar refractivity (Wildman–Crippen MR) is 54.4 cm³/mol. The van der Waals surface area contributed by atoms with Crippen molar-refractivity contribution in [3.05, 3.63) is 23.8 Å². The Labute approximate surface area is 99.9 Å². The van der Waals surface area contributed by atoms with Crippen molar-refractivity contribution < 1.29 is 13.2 Å². The average Bonchev–Trinajstić information content (AvgIpc) is 2.71. The monoisotopic (exact) mass is 255 g/mol. The van der Waals surface area contributed by atoms with Crippen molar-refractivity contribution in [2.45, 2.75) is 25.4 Å². The highest BCUT2D eigenvalue weighted by Gasteiger charge is 2.36. The average molecular weight is 255 g/mol. The third-order valence-corrected chi connectivity index (χ3v) is 2.45. The van der Waals surface area contributed by atoms with Gasteiger partial charge in [0.1, 0.15) is 0 Å². The van der Waals surface area contributed by atoms with Gasteiger partial charge in [0.2, 0.25) is 0 Å². The molecule has 0 amide bonds. The summed E-state index contributed by atoms with van der Waals surface area (Å²) in [5.41, 5.74) is -0.387. The van der Waals surface area contributed by atoms with Gasteiger partial charge in [-0.3, -0.25) is 0 Å². The van der Waals surface area contributed by atoms with E-state index < -0.39 is 17.4 Å². The standard InChI is InChI=1S/C10H8F3N5/c1-9(2,5-14)6-3-15-8-16-7(10(11,12)13)17-18(8)4-6/h3-4H,1-2H3. The smallest absolute Gasteiger partial charge is 0.219 e. The van der Waals surface area contributed by atoms with E-state index >= 15 is 0 Å². The van der Waals surface area contributed by atoms with E-state index in [1.807, 2.05) is 6.07 Å². The van der Waals surface area contributed by atoms with Crippen LogP contribution in [0.1, 0.15) is 25.2 Å². The van der Waals surface area contributed by atoms with Crippen LogP contribution in [-0.2, 0) is 11.6 Å². The number of hydrogen-bond donors (Lipinski definition) is 0. The maximum Gasteiger partial charge on any atom is 0.453 e. The second-order valence-electron chi connectivity index (χ2n) is 4.26. The van der Waals surface area contributed by atoms with Gasteiger partial charge in [-0.2, -0.15) is 23.4 Å². The first-order chi connectivity index (χ1) is 8.24. The van der Waals surface area contributed by atoms with Crippen molar-refractivity contribution >= 4 is 5.78 Å². The molecule has 0 atom stereocenters. The van der Waals surface area contributed by atoms with Crippen LogP contribution in [0, 0.1) is 11.3 Å². The SMILES string of the molecule is CC(C)(C#N)c1cnc2nc(C(F)(F)F)nn2c1. The number of rotatable bonds is 1. The molecule has 0 saturated carbocycles. The second kappa shape index (κ2) is 3.66. The zero-order chi connectivity index (χ0) is 13.6. The molecule has 0 N–H and O–H groups in total. The molecular formula is C10H8F3N5. The highest BCUT2D eigenvalue weighted by Crippen LogP contribution is 2.27. The lowest BCUT2D eigenvalue weighted by molar-refractivity contribution is -0.144. The van der Waals surface area contributed by atoms with Crippen molar-refractivity contribution in [2.75, 3.05) is 0 Å². The van der Waals surface area contributed by atoms with Gasteiger partial charge < -0.3 is 0 Å². The van der Waals surface area contributed by atoms with Crippen molar-refractivity contribution in [1.29, 1.82) is 5.26 Å². The molecule has 0 aromatic carbocycles. The van der Waals surface area contributed by atoms with Crippen LogP contribution in [0.3, 0.4) is 0 Å². The lowest BCUT2D eigenvalue weighted by Gasteiger charge is -2.14. The second-order valence-corrected chi connectivity index (χ2v) is 4.26. The largest absolute Gasteiger partial charge is 0.453 e. The van der Waals surface area contributed by atoms with Gasteiger partial charge in [-0.1, -0.05) is 0 Å². The number of alkyl halides is 3. The van der Waals surface area contributed by atoms with E-state index in [0.29, 0.717) is 5.56 Å². The van der Waals surface area contributed by atoms with E-state index in [0.717, 1.165) is 4.52 Å². The Hall–Kier alpha value is -2.17. The summed E-state index contributed by atoms with van der Waals surface area (Å²) in [5, 5.41) is 12.3. The molecule has 18 heavy (non-hydrogen) atoms. The minimum Gasteiger partial charge on any atom is -0.219 e. The molecule has 0 aliphatic carbocycles. The molecule has 2 rings (SSSR count). The van der Waals surface area contributed by atoms with Gasteiger partial charge in [-0.15, -0.1) is 5.10 Å². The van der Waals surface area contributed by atoms with Crippen molar-refractivity contribution in [3.63, 3.8) is 0 Å². The zero-order valence-electron chi connectivity index (χ0n) is 9.52. The number of hydrogen-bond acceptors (Lipinski definition) is 4. The van der Waals surface area contributed by atoms with Crippen LogP contribution < -0.4 is 0 Å². The summed E-state index contributed by atoms with van der Waals surface area (Å²) in [4.78, 5) is 7.03. The maximum atomic E-state index is 12.4.